The van der Waals surface area contributed by atoms with Crippen LogP contribution in [0.2, 0.25) is 0 Å². The Morgan fingerprint density at radius 3 is 2.43 bits per heavy atom. The van der Waals surface area contributed by atoms with Crippen LogP contribution in [0, 0.1) is 0 Å². The number of benzene rings is 2. The van der Waals surface area contributed by atoms with Crippen molar-refractivity contribution < 1.29 is 14.9 Å². The van der Waals surface area contributed by atoms with E-state index in [1.807, 2.05) is 35.7 Å². The molecule has 0 fully saturated rings. The van der Waals surface area contributed by atoms with Crippen molar-refractivity contribution in [2.45, 2.75) is 6.10 Å². The van der Waals surface area contributed by atoms with Gasteiger partial charge in [0.15, 0.2) is 6.10 Å². The molecule has 0 spiro atoms. The Morgan fingerprint density at radius 1 is 0.913 bits per heavy atom. The van der Waals surface area contributed by atoms with E-state index in [0.717, 1.165) is 21.6 Å². The monoisotopic (exact) mass is 322 g/mol. The maximum Gasteiger partial charge on any atom is 0.159 e. The summed E-state index contributed by atoms with van der Waals surface area (Å²) in [4.78, 5) is 1.10. The number of phenols is 2. The molecule has 0 amide bonds. The number of fused-ring (bicyclic) bond motifs is 1. The summed E-state index contributed by atoms with van der Waals surface area (Å²) in [6.07, 6.45) is 1.85. The molecule has 1 aromatic heterocycles. The highest BCUT2D eigenvalue weighted by Gasteiger charge is 2.26. The predicted molar refractivity (Wildman–Crippen MR) is 91.8 cm³/mol. The lowest BCUT2D eigenvalue weighted by molar-refractivity contribution is 0.263. The molecule has 23 heavy (non-hydrogen) atoms. The van der Waals surface area contributed by atoms with Crippen LogP contribution in [-0.2, 0) is 0 Å². The largest absolute Gasteiger partial charge is 0.508 e. The summed E-state index contributed by atoms with van der Waals surface area (Å²) in [6, 6.07) is 16.3. The molecule has 2 heterocycles. The molecule has 2 aromatic carbocycles. The molecular weight excluding hydrogens is 308 g/mol. The van der Waals surface area contributed by atoms with Crippen LogP contribution in [0.25, 0.3) is 11.6 Å². The van der Waals surface area contributed by atoms with E-state index < -0.39 is 0 Å². The van der Waals surface area contributed by atoms with E-state index in [2.05, 4.69) is 6.08 Å². The molecule has 3 aromatic rings. The fourth-order valence-corrected chi connectivity index (χ4v) is 3.49. The number of ether oxygens (including phenoxy) is 1. The molecule has 114 valence electrons. The van der Waals surface area contributed by atoms with Crippen molar-refractivity contribution in [3.8, 4) is 17.2 Å². The van der Waals surface area contributed by atoms with Crippen LogP contribution in [0.5, 0.6) is 17.2 Å². The highest BCUT2D eigenvalue weighted by Crippen LogP contribution is 2.44. The zero-order valence-corrected chi connectivity index (χ0v) is 13.0. The van der Waals surface area contributed by atoms with Gasteiger partial charge in [0.2, 0.25) is 0 Å². The number of rotatable bonds is 2. The van der Waals surface area contributed by atoms with Gasteiger partial charge in [0.1, 0.15) is 17.2 Å². The Bertz CT molecular complexity index is 864. The standard InChI is InChI=1S/C19H14O3S/c20-14-6-3-12(4-7-14)16-10-13-5-8-15(21)11-17(13)22-19(16)18-2-1-9-23-18/h1-11,19-21H. The summed E-state index contributed by atoms with van der Waals surface area (Å²) in [5.41, 5.74) is 2.96. The van der Waals surface area contributed by atoms with Crippen LogP contribution < -0.4 is 4.74 Å². The van der Waals surface area contributed by atoms with E-state index in [1.165, 1.54) is 0 Å². The lowest BCUT2D eigenvalue weighted by atomic mass is 9.94. The van der Waals surface area contributed by atoms with Crippen LogP contribution in [0.15, 0.2) is 60.0 Å². The van der Waals surface area contributed by atoms with E-state index in [4.69, 9.17) is 4.74 Å². The number of aromatic hydroxyl groups is 2. The van der Waals surface area contributed by atoms with Gasteiger partial charge in [-0.2, -0.15) is 0 Å². The maximum absolute atomic E-state index is 9.69. The van der Waals surface area contributed by atoms with Crippen LogP contribution in [-0.4, -0.2) is 10.2 Å². The van der Waals surface area contributed by atoms with Gasteiger partial charge in [-0.05, 0) is 47.4 Å². The van der Waals surface area contributed by atoms with Crippen molar-refractivity contribution in [2.24, 2.45) is 0 Å². The molecule has 0 bridgehead atoms. The molecule has 0 saturated heterocycles. The van der Waals surface area contributed by atoms with Crippen molar-refractivity contribution in [2.75, 3.05) is 0 Å². The second kappa shape index (κ2) is 5.48. The van der Waals surface area contributed by atoms with Crippen LogP contribution in [0.3, 0.4) is 0 Å². The molecule has 4 rings (SSSR count). The first kappa shape index (κ1) is 13.9. The summed E-state index contributed by atoms with van der Waals surface area (Å²) in [5, 5.41) is 21.2. The van der Waals surface area contributed by atoms with Crippen molar-refractivity contribution in [3.63, 3.8) is 0 Å². The van der Waals surface area contributed by atoms with Crippen molar-refractivity contribution in [3.05, 3.63) is 76.0 Å². The number of hydrogen-bond donors (Lipinski definition) is 2. The second-order valence-corrected chi connectivity index (χ2v) is 6.36. The van der Waals surface area contributed by atoms with E-state index in [0.29, 0.717) is 5.75 Å². The third-order valence-corrected chi connectivity index (χ3v) is 4.75. The predicted octanol–water partition coefficient (Wildman–Crippen LogP) is 4.83. The quantitative estimate of drug-likeness (QED) is 0.710. The van der Waals surface area contributed by atoms with Crippen LogP contribution >= 0.6 is 11.3 Å². The summed E-state index contributed by atoms with van der Waals surface area (Å²) >= 11 is 1.63. The summed E-state index contributed by atoms with van der Waals surface area (Å²) in [7, 11) is 0. The fraction of sp³-hybridized carbons (Fsp3) is 0.0526. The van der Waals surface area contributed by atoms with Gasteiger partial charge in [0.05, 0.1) is 0 Å². The van der Waals surface area contributed by atoms with Crippen molar-refractivity contribution >= 4 is 23.0 Å². The summed E-state index contributed by atoms with van der Waals surface area (Å²) in [5.74, 6) is 1.10. The first-order valence-electron chi connectivity index (χ1n) is 7.25. The molecule has 1 aliphatic heterocycles. The SMILES string of the molecule is Oc1ccc(C2=Cc3ccc(O)cc3OC2c2cccs2)cc1. The van der Waals surface area contributed by atoms with Crippen molar-refractivity contribution in [1.29, 1.82) is 0 Å². The zero-order chi connectivity index (χ0) is 15.8. The third-order valence-electron chi connectivity index (χ3n) is 3.84. The Hall–Kier alpha value is -2.72. The number of phenolic OH excluding ortho intramolecular Hbond substituents is 2. The Balaban J connectivity index is 1.86. The van der Waals surface area contributed by atoms with Crippen molar-refractivity contribution in [1.82, 2.24) is 0 Å². The minimum atomic E-state index is -0.228. The molecule has 1 atom stereocenters. The molecule has 0 radical (unpaired) electrons. The van der Waals surface area contributed by atoms with Gasteiger partial charge >= 0.3 is 0 Å². The van der Waals surface area contributed by atoms with Gasteiger partial charge in [-0.25, -0.2) is 0 Å². The van der Waals surface area contributed by atoms with E-state index in [1.54, 1.807) is 35.6 Å². The Kier molecular flexibility index (Phi) is 3.32. The van der Waals surface area contributed by atoms with E-state index in [-0.39, 0.29) is 17.6 Å². The number of hydrogen-bond acceptors (Lipinski definition) is 4. The summed E-state index contributed by atoms with van der Waals surface area (Å²) in [6.45, 7) is 0. The molecule has 4 heteroatoms. The van der Waals surface area contributed by atoms with Gasteiger partial charge in [-0.3, -0.25) is 0 Å². The average molecular weight is 322 g/mol. The van der Waals surface area contributed by atoms with Gasteiger partial charge in [-0.15, -0.1) is 11.3 Å². The zero-order valence-electron chi connectivity index (χ0n) is 12.1. The van der Waals surface area contributed by atoms with Gasteiger partial charge in [0.25, 0.3) is 0 Å². The first-order chi connectivity index (χ1) is 11.2. The smallest absolute Gasteiger partial charge is 0.159 e. The van der Waals surface area contributed by atoms with Gasteiger partial charge in [0, 0.05) is 22.1 Å². The average Bonchev–Trinajstić information content (AvgIpc) is 3.09. The minimum absolute atomic E-state index is 0.190. The lowest BCUT2D eigenvalue weighted by Crippen LogP contribution is -2.13. The van der Waals surface area contributed by atoms with Gasteiger partial charge < -0.3 is 14.9 Å². The highest BCUT2D eigenvalue weighted by atomic mass is 32.1. The Labute approximate surface area is 137 Å². The summed E-state index contributed by atoms with van der Waals surface area (Å²) < 4.78 is 6.17. The molecule has 1 aliphatic rings. The van der Waals surface area contributed by atoms with E-state index >= 15 is 0 Å². The lowest BCUT2D eigenvalue weighted by Gasteiger charge is -2.27. The molecule has 3 nitrogen and oxygen atoms in total. The second-order valence-electron chi connectivity index (χ2n) is 5.38. The van der Waals surface area contributed by atoms with Crippen LogP contribution in [0.1, 0.15) is 22.1 Å². The molecule has 0 aliphatic carbocycles. The van der Waals surface area contributed by atoms with E-state index in [9.17, 15) is 10.2 Å². The first-order valence-corrected chi connectivity index (χ1v) is 8.13. The maximum atomic E-state index is 9.69. The molecular formula is C19H14O3S. The molecule has 0 saturated carbocycles. The highest BCUT2D eigenvalue weighted by molar-refractivity contribution is 7.10. The van der Waals surface area contributed by atoms with Gasteiger partial charge in [-0.1, -0.05) is 18.2 Å². The minimum Gasteiger partial charge on any atom is -0.508 e. The molecule has 2 N–H and O–H groups in total. The normalized spacial score (nSPS) is 16.3. The fourth-order valence-electron chi connectivity index (χ4n) is 2.72. The molecule has 1 unspecified atom stereocenters. The topological polar surface area (TPSA) is 49.7 Å². The van der Waals surface area contributed by atoms with Crippen LogP contribution in [0.4, 0.5) is 0 Å². The third kappa shape index (κ3) is 2.58. The number of thiophene rings is 1. The Morgan fingerprint density at radius 2 is 1.70 bits per heavy atom.